The van der Waals surface area contributed by atoms with Gasteiger partial charge in [-0.25, -0.2) is 0 Å². The van der Waals surface area contributed by atoms with Crippen LogP contribution in [-0.2, 0) is 9.30 Å². The minimum Gasteiger partial charge on any atom is -0.345 e. The van der Waals surface area contributed by atoms with Gasteiger partial charge in [-0.15, -0.1) is 0 Å². The summed E-state index contributed by atoms with van der Waals surface area (Å²) in [5.74, 6) is -1.40. The third-order valence-electron chi connectivity index (χ3n) is 3.65. The quantitative estimate of drug-likeness (QED) is 0.838. The minimum absolute atomic E-state index is 0.700. The van der Waals surface area contributed by atoms with Crippen LogP contribution in [0.1, 0.15) is 33.9 Å². The highest BCUT2D eigenvalue weighted by atomic mass is 31.2. The molecule has 0 saturated carbocycles. The standard InChI is InChI=1S/C16H17O3P/c1-11-3-7-13(8-4-11)15-19-16(20(15,17)18)14-9-5-12(2)6-10-14/h3-10,15-16H,1-2H3,(H,17,18)/t15-,16+. The summed E-state index contributed by atoms with van der Waals surface area (Å²) in [6, 6.07) is 15.1. The van der Waals surface area contributed by atoms with E-state index in [2.05, 4.69) is 0 Å². The van der Waals surface area contributed by atoms with Gasteiger partial charge in [0.2, 0.25) is 0 Å². The molecule has 3 atom stereocenters. The second kappa shape index (κ2) is 4.85. The lowest BCUT2D eigenvalue weighted by molar-refractivity contribution is 0.00481. The van der Waals surface area contributed by atoms with Crippen molar-refractivity contribution in [3.05, 3.63) is 70.8 Å². The van der Waals surface area contributed by atoms with Gasteiger partial charge in [0.25, 0.3) is 7.37 Å². The molecule has 104 valence electrons. The van der Waals surface area contributed by atoms with Crippen molar-refractivity contribution in [2.24, 2.45) is 0 Å². The van der Waals surface area contributed by atoms with E-state index in [0.717, 1.165) is 22.3 Å². The predicted molar refractivity (Wildman–Crippen MR) is 78.8 cm³/mol. The van der Waals surface area contributed by atoms with Crippen LogP contribution in [0.25, 0.3) is 0 Å². The Morgan fingerprint density at radius 1 is 0.850 bits per heavy atom. The van der Waals surface area contributed by atoms with E-state index in [1.165, 1.54) is 0 Å². The minimum atomic E-state index is -3.38. The van der Waals surface area contributed by atoms with Gasteiger partial charge in [-0.05, 0) is 25.0 Å². The molecule has 1 heterocycles. The van der Waals surface area contributed by atoms with E-state index in [9.17, 15) is 9.46 Å². The molecular weight excluding hydrogens is 271 g/mol. The van der Waals surface area contributed by atoms with Crippen LogP contribution in [0, 0.1) is 13.8 Å². The molecule has 3 nitrogen and oxygen atoms in total. The first kappa shape index (κ1) is 13.6. The topological polar surface area (TPSA) is 46.5 Å². The Kier molecular flexibility index (Phi) is 3.29. The molecule has 0 radical (unpaired) electrons. The predicted octanol–water partition coefficient (Wildman–Crippen LogP) is 4.30. The zero-order valence-corrected chi connectivity index (χ0v) is 12.4. The largest absolute Gasteiger partial charge is 0.345 e. The van der Waals surface area contributed by atoms with Crippen LogP contribution in [-0.4, -0.2) is 4.89 Å². The smallest absolute Gasteiger partial charge is 0.265 e. The Morgan fingerprint density at radius 3 is 1.50 bits per heavy atom. The van der Waals surface area contributed by atoms with Gasteiger partial charge in [-0.2, -0.15) is 0 Å². The summed E-state index contributed by atoms with van der Waals surface area (Å²) in [5, 5.41) is 0. The van der Waals surface area contributed by atoms with Gasteiger partial charge in [0.05, 0.1) is 0 Å². The highest BCUT2D eigenvalue weighted by Crippen LogP contribution is 2.76. The van der Waals surface area contributed by atoms with Crippen LogP contribution in [0.15, 0.2) is 48.5 Å². The SMILES string of the molecule is Cc1ccc([C@H]2O[C@@H](c3ccc(C)cc3)P2(=O)O)cc1. The van der Waals surface area contributed by atoms with Gasteiger partial charge < -0.3 is 9.63 Å². The van der Waals surface area contributed by atoms with Crippen molar-refractivity contribution in [1.82, 2.24) is 0 Å². The average molecular weight is 288 g/mol. The maximum Gasteiger partial charge on any atom is 0.265 e. The van der Waals surface area contributed by atoms with Crippen LogP contribution in [0.4, 0.5) is 0 Å². The first-order chi connectivity index (χ1) is 9.48. The Bertz CT molecular complexity index is 606. The van der Waals surface area contributed by atoms with Crippen molar-refractivity contribution >= 4 is 7.37 Å². The Labute approximate surface area is 118 Å². The molecule has 2 aromatic carbocycles. The summed E-state index contributed by atoms with van der Waals surface area (Å²) < 4.78 is 18.2. The second-order valence-electron chi connectivity index (χ2n) is 5.33. The summed E-state index contributed by atoms with van der Waals surface area (Å²) in [4.78, 5) is 10.3. The third kappa shape index (κ3) is 2.22. The fraction of sp³-hybridized carbons (Fsp3) is 0.250. The van der Waals surface area contributed by atoms with Crippen LogP contribution >= 0.6 is 7.37 Å². The zero-order chi connectivity index (χ0) is 14.3. The van der Waals surface area contributed by atoms with Gasteiger partial charge in [0.1, 0.15) is 0 Å². The van der Waals surface area contributed by atoms with Crippen molar-refractivity contribution in [1.29, 1.82) is 0 Å². The molecule has 1 unspecified atom stereocenters. The molecule has 0 aliphatic carbocycles. The molecule has 1 aliphatic rings. The fourth-order valence-electron chi connectivity index (χ4n) is 2.40. The molecule has 1 saturated heterocycles. The van der Waals surface area contributed by atoms with Crippen molar-refractivity contribution in [2.45, 2.75) is 25.5 Å². The molecule has 3 rings (SSSR count). The van der Waals surface area contributed by atoms with Crippen molar-refractivity contribution in [3.63, 3.8) is 0 Å². The molecule has 4 heteroatoms. The van der Waals surface area contributed by atoms with Gasteiger partial charge >= 0.3 is 0 Å². The number of hydrogen-bond acceptors (Lipinski definition) is 2. The van der Waals surface area contributed by atoms with Crippen LogP contribution in [0.2, 0.25) is 0 Å². The number of rotatable bonds is 2. The zero-order valence-electron chi connectivity index (χ0n) is 11.5. The summed E-state index contributed by atoms with van der Waals surface area (Å²) in [6.07, 6.45) is 0. The van der Waals surface area contributed by atoms with E-state index in [1.807, 2.05) is 62.4 Å². The maximum absolute atomic E-state index is 12.5. The lowest BCUT2D eigenvalue weighted by Crippen LogP contribution is -2.24. The molecule has 0 amide bonds. The van der Waals surface area contributed by atoms with E-state index >= 15 is 0 Å². The van der Waals surface area contributed by atoms with E-state index < -0.39 is 19.1 Å². The summed E-state index contributed by atoms with van der Waals surface area (Å²) in [7, 11) is -3.38. The summed E-state index contributed by atoms with van der Waals surface area (Å²) in [6.45, 7) is 3.97. The van der Waals surface area contributed by atoms with E-state index in [-0.39, 0.29) is 0 Å². The first-order valence-corrected chi connectivity index (χ1v) is 8.39. The summed E-state index contributed by atoms with van der Waals surface area (Å²) in [5.41, 5.74) is 3.78. The molecule has 1 fully saturated rings. The normalized spacial score (nSPS) is 28.9. The Morgan fingerprint density at radius 2 is 1.20 bits per heavy atom. The first-order valence-electron chi connectivity index (χ1n) is 6.59. The van der Waals surface area contributed by atoms with Crippen LogP contribution in [0.5, 0.6) is 0 Å². The van der Waals surface area contributed by atoms with Gasteiger partial charge in [-0.3, -0.25) is 4.57 Å². The molecule has 2 aromatic rings. The van der Waals surface area contributed by atoms with Gasteiger partial charge in [0.15, 0.2) is 11.7 Å². The monoisotopic (exact) mass is 288 g/mol. The van der Waals surface area contributed by atoms with Crippen LogP contribution in [0.3, 0.4) is 0 Å². The van der Waals surface area contributed by atoms with Crippen molar-refractivity contribution < 1.29 is 14.2 Å². The molecule has 1 aliphatic heterocycles. The number of hydrogen-bond donors (Lipinski definition) is 1. The molecule has 0 bridgehead atoms. The molecule has 0 aromatic heterocycles. The van der Waals surface area contributed by atoms with E-state index in [1.54, 1.807) is 0 Å². The lowest BCUT2D eigenvalue weighted by Gasteiger charge is -2.41. The Hall–Kier alpha value is -1.41. The maximum atomic E-state index is 12.5. The Balaban J connectivity index is 1.85. The van der Waals surface area contributed by atoms with E-state index in [0.29, 0.717) is 0 Å². The van der Waals surface area contributed by atoms with Crippen molar-refractivity contribution in [2.75, 3.05) is 0 Å². The number of benzene rings is 2. The van der Waals surface area contributed by atoms with E-state index in [4.69, 9.17) is 4.74 Å². The third-order valence-corrected chi connectivity index (χ3v) is 5.84. The molecule has 1 N–H and O–H groups in total. The molecule has 20 heavy (non-hydrogen) atoms. The number of aryl methyl sites for hydroxylation is 2. The highest BCUT2D eigenvalue weighted by molar-refractivity contribution is 7.59. The summed E-state index contributed by atoms with van der Waals surface area (Å²) >= 11 is 0. The highest BCUT2D eigenvalue weighted by Gasteiger charge is 2.53. The molecule has 0 spiro atoms. The molecular formula is C16H17O3P. The van der Waals surface area contributed by atoms with Gasteiger partial charge in [0, 0.05) is 0 Å². The van der Waals surface area contributed by atoms with Crippen LogP contribution < -0.4 is 0 Å². The van der Waals surface area contributed by atoms with Crippen molar-refractivity contribution in [3.8, 4) is 0 Å². The fourth-order valence-corrected chi connectivity index (χ4v) is 4.25. The second-order valence-corrected chi connectivity index (χ2v) is 7.62. The van der Waals surface area contributed by atoms with Gasteiger partial charge in [-0.1, -0.05) is 59.7 Å². The lowest BCUT2D eigenvalue weighted by atomic mass is 10.1. The number of ether oxygens (including phenoxy) is 1. The average Bonchev–Trinajstić information content (AvgIpc) is 2.42.